The maximum absolute atomic E-state index is 12.4. The number of aliphatic imine (C=N–C) groups is 1. The van der Waals surface area contributed by atoms with Gasteiger partial charge in [-0.25, -0.2) is 4.79 Å². The third-order valence-corrected chi connectivity index (χ3v) is 4.62. The molecule has 0 aliphatic carbocycles. The molecule has 1 amide bonds. The summed E-state index contributed by atoms with van der Waals surface area (Å²) >= 11 is 0. The largest absolute Gasteiger partial charge is 0.444 e. The molecule has 0 radical (unpaired) electrons. The van der Waals surface area contributed by atoms with Crippen molar-refractivity contribution in [1.29, 1.82) is 0 Å². The molecule has 1 saturated heterocycles. The first-order chi connectivity index (χ1) is 12.2. The van der Waals surface area contributed by atoms with Crippen LogP contribution in [0.1, 0.15) is 45.2 Å². The molecular weight excluding hydrogens is 328 g/mol. The number of hydrogen-bond donors (Lipinski definition) is 1. The molecule has 1 aliphatic heterocycles. The van der Waals surface area contributed by atoms with Crippen LogP contribution in [0.25, 0.3) is 0 Å². The number of carbonyl (C=O) groups excluding carboxylic acids is 1. The molecule has 6 heteroatoms. The van der Waals surface area contributed by atoms with Crippen LogP contribution < -0.4 is 5.73 Å². The maximum Gasteiger partial charge on any atom is 0.410 e. The number of nitrogens with zero attached hydrogens (tertiary/aromatic N) is 3. The van der Waals surface area contributed by atoms with E-state index in [2.05, 4.69) is 29.8 Å². The Hall–Kier alpha value is -2.24. The lowest BCUT2D eigenvalue weighted by molar-refractivity contribution is 0.0119. The van der Waals surface area contributed by atoms with E-state index in [-0.39, 0.29) is 12.1 Å². The van der Waals surface area contributed by atoms with Gasteiger partial charge in [-0.3, -0.25) is 4.99 Å². The van der Waals surface area contributed by atoms with E-state index in [1.54, 1.807) is 11.9 Å². The molecule has 144 valence electrons. The highest BCUT2D eigenvalue weighted by molar-refractivity contribution is 6.04. The minimum Gasteiger partial charge on any atom is -0.444 e. The van der Waals surface area contributed by atoms with Gasteiger partial charge in [-0.2, -0.15) is 0 Å². The first-order valence-corrected chi connectivity index (χ1v) is 9.24. The lowest BCUT2D eigenvalue weighted by Crippen LogP contribution is -2.57. The number of amides is 1. The Morgan fingerprint density at radius 2 is 2.04 bits per heavy atom. The predicted octanol–water partition coefficient (Wildman–Crippen LogP) is 3.28. The van der Waals surface area contributed by atoms with E-state index < -0.39 is 5.60 Å². The van der Waals surface area contributed by atoms with Crippen molar-refractivity contribution in [2.45, 2.75) is 52.7 Å². The van der Waals surface area contributed by atoms with Gasteiger partial charge < -0.3 is 20.3 Å². The molecular formula is C20H32N4O2. The Morgan fingerprint density at radius 3 is 2.58 bits per heavy atom. The van der Waals surface area contributed by atoms with Gasteiger partial charge in [-0.15, -0.1) is 0 Å². The second-order valence-electron chi connectivity index (χ2n) is 7.77. The molecule has 1 atom stereocenters. The first-order valence-electron chi connectivity index (χ1n) is 9.24. The van der Waals surface area contributed by atoms with Crippen LogP contribution in [0.4, 0.5) is 10.5 Å². The summed E-state index contributed by atoms with van der Waals surface area (Å²) in [5.41, 5.74) is 8.58. The summed E-state index contributed by atoms with van der Waals surface area (Å²) in [5, 5.41) is 0. The topological polar surface area (TPSA) is 71.2 Å². The number of aryl methyl sites for hydroxylation is 1. The van der Waals surface area contributed by atoms with Crippen LogP contribution in [0.2, 0.25) is 0 Å². The van der Waals surface area contributed by atoms with Crippen molar-refractivity contribution in [2.24, 2.45) is 4.99 Å². The van der Waals surface area contributed by atoms with Gasteiger partial charge in [0.15, 0.2) is 0 Å². The fourth-order valence-corrected chi connectivity index (χ4v) is 3.36. The minimum atomic E-state index is -0.485. The van der Waals surface area contributed by atoms with Crippen LogP contribution in [0.5, 0.6) is 0 Å². The number of nitrogen functional groups attached to an aromatic ring is 1. The molecule has 1 fully saturated rings. The number of anilines is 1. The second-order valence-corrected chi connectivity index (χ2v) is 7.77. The lowest BCUT2D eigenvalue weighted by atomic mass is 10.0. The lowest BCUT2D eigenvalue weighted by Gasteiger charge is -2.43. The number of nitrogens with two attached hydrogens (primary N) is 1. The Morgan fingerprint density at radius 1 is 1.35 bits per heavy atom. The van der Waals surface area contributed by atoms with E-state index in [1.807, 2.05) is 32.9 Å². The molecule has 26 heavy (non-hydrogen) atoms. The van der Waals surface area contributed by atoms with Crippen molar-refractivity contribution in [3.05, 3.63) is 29.3 Å². The highest BCUT2D eigenvalue weighted by atomic mass is 16.6. The van der Waals surface area contributed by atoms with Crippen molar-refractivity contribution in [3.63, 3.8) is 0 Å². The summed E-state index contributed by atoms with van der Waals surface area (Å²) in [6, 6.07) is 6.09. The summed E-state index contributed by atoms with van der Waals surface area (Å²) in [4.78, 5) is 21.1. The molecule has 1 unspecified atom stereocenters. The van der Waals surface area contributed by atoms with E-state index in [4.69, 9.17) is 10.5 Å². The van der Waals surface area contributed by atoms with Crippen molar-refractivity contribution in [3.8, 4) is 0 Å². The molecule has 1 aromatic rings. The monoisotopic (exact) mass is 360 g/mol. The van der Waals surface area contributed by atoms with Crippen LogP contribution in [-0.4, -0.2) is 60.1 Å². The second kappa shape index (κ2) is 7.98. The third-order valence-electron chi connectivity index (χ3n) is 4.62. The van der Waals surface area contributed by atoms with Gasteiger partial charge in [0, 0.05) is 44.0 Å². The number of amidine groups is 1. The number of piperazine rings is 1. The fourth-order valence-electron chi connectivity index (χ4n) is 3.36. The molecule has 2 rings (SSSR count). The maximum atomic E-state index is 12.4. The fraction of sp³-hybridized carbons (Fsp3) is 0.600. The Balaban J connectivity index is 2.22. The van der Waals surface area contributed by atoms with Crippen molar-refractivity contribution < 1.29 is 9.53 Å². The van der Waals surface area contributed by atoms with E-state index in [1.165, 1.54) is 0 Å². The van der Waals surface area contributed by atoms with Crippen LogP contribution >= 0.6 is 0 Å². The average molecular weight is 361 g/mol. The zero-order valence-electron chi connectivity index (χ0n) is 16.9. The highest BCUT2D eigenvalue weighted by Crippen LogP contribution is 2.24. The molecule has 0 spiro atoms. The SMILES string of the molecule is CCC1CN(C(=O)OC(C)(C)C)CCN1C(=NC)c1c(C)cccc1N. The average Bonchev–Trinajstić information content (AvgIpc) is 2.56. The number of ether oxygens (including phenoxy) is 1. The number of benzene rings is 1. The molecule has 1 aliphatic rings. The molecule has 1 heterocycles. The van der Waals surface area contributed by atoms with Crippen molar-refractivity contribution >= 4 is 17.6 Å². The van der Waals surface area contributed by atoms with E-state index >= 15 is 0 Å². The van der Waals surface area contributed by atoms with Gasteiger partial charge >= 0.3 is 6.09 Å². The minimum absolute atomic E-state index is 0.175. The summed E-state index contributed by atoms with van der Waals surface area (Å²) in [6.07, 6.45) is 0.658. The van der Waals surface area contributed by atoms with Crippen LogP contribution in [0.15, 0.2) is 23.2 Å². The zero-order valence-corrected chi connectivity index (χ0v) is 16.9. The summed E-state index contributed by atoms with van der Waals surface area (Å²) < 4.78 is 5.53. The zero-order chi connectivity index (χ0) is 19.5. The third kappa shape index (κ3) is 4.48. The Bertz CT molecular complexity index is 659. The van der Waals surface area contributed by atoms with Gasteiger partial charge in [0.25, 0.3) is 0 Å². The van der Waals surface area contributed by atoms with Gasteiger partial charge in [-0.1, -0.05) is 19.1 Å². The molecule has 6 nitrogen and oxygen atoms in total. The molecule has 2 N–H and O–H groups in total. The van der Waals surface area contributed by atoms with E-state index in [0.717, 1.165) is 29.1 Å². The van der Waals surface area contributed by atoms with Gasteiger partial charge in [0.1, 0.15) is 11.4 Å². The van der Waals surface area contributed by atoms with Gasteiger partial charge in [-0.05, 0) is 45.7 Å². The predicted molar refractivity (Wildman–Crippen MR) is 107 cm³/mol. The Kier molecular flexibility index (Phi) is 6.16. The standard InChI is InChI=1S/C20H32N4O2/c1-7-15-13-23(19(25)26-20(3,4)5)11-12-24(15)18(22-6)17-14(2)9-8-10-16(17)21/h8-10,15H,7,11-13,21H2,1-6H3. The number of hydrogen-bond acceptors (Lipinski definition) is 4. The number of carbonyl (C=O) groups is 1. The quantitative estimate of drug-likeness (QED) is 0.499. The van der Waals surface area contributed by atoms with Crippen LogP contribution in [0.3, 0.4) is 0 Å². The van der Waals surface area contributed by atoms with Gasteiger partial charge in [0.2, 0.25) is 0 Å². The smallest absolute Gasteiger partial charge is 0.410 e. The van der Waals surface area contributed by atoms with E-state index in [9.17, 15) is 4.79 Å². The van der Waals surface area contributed by atoms with E-state index in [0.29, 0.717) is 19.6 Å². The van der Waals surface area contributed by atoms with Crippen LogP contribution in [-0.2, 0) is 4.74 Å². The summed E-state index contributed by atoms with van der Waals surface area (Å²) in [7, 11) is 1.80. The molecule has 0 aromatic heterocycles. The summed E-state index contributed by atoms with van der Waals surface area (Å²) in [6.45, 7) is 11.8. The number of rotatable bonds is 2. The van der Waals surface area contributed by atoms with Gasteiger partial charge in [0.05, 0.1) is 0 Å². The van der Waals surface area contributed by atoms with Crippen LogP contribution in [0, 0.1) is 6.92 Å². The summed E-state index contributed by atoms with van der Waals surface area (Å²) in [5.74, 6) is 0.899. The van der Waals surface area contributed by atoms with Crippen molar-refractivity contribution in [2.75, 3.05) is 32.4 Å². The molecule has 0 bridgehead atoms. The highest BCUT2D eigenvalue weighted by Gasteiger charge is 2.33. The first kappa shape index (κ1) is 20.1. The molecule has 0 saturated carbocycles. The Labute approximate surface area is 157 Å². The van der Waals surface area contributed by atoms with Crippen molar-refractivity contribution in [1.82, 2.24) is 9.80 Å². The normalized spacial score (nSPS) is 18.8. The molecule has 1 aromatic carbocycles.